The van der Waals surface area contributed by atoms with Crippen LogP contribution in [0.2, 0.25) is 0 Å². The summed E-state index contributed by atoms with van der Waals surface area (Å²) in [4.78, 5) is 22.9. The van der Waals surface area contributed by atoms with Crippen LogP contribution in [0.15, 0.2) is 12.4 Å². The van der Waals surface area contributed by atoms with Crippen LogP contribution < -0.4 is 5.32 Å². The molecule has 0 spiro atoms. The minimum atomic E-state index is -0.0172. The van der Waals surface area contributed by atoms with Crippen LogP contribution in [-0.4, -0.2) is 40.4 Å². The molecular formula is C16H26N4O. The molecule has 1 saturated carbocycles. The van der Waals surface area contributed by atoms with Crippen molar-refractivity contribution in [2.45, 2.75) is 57.9 Å². The van der Waals surface area contributed by atoms with E-state index in [0.717, 1.165) is 31.6 Å². The van der Waals surface area contributed by atoms with Gasteiger partial charge in [-0.2, -0.15) is 0 Å². The third-order valence-electron chi connectivity index (χ3n) is 4.12. The van der Waals surface area contributed by atoms with Crippen molar-refractivity contribution in [1.29, 1.82) is 0 Å². The molecule has 1 fully saturated rings. The molecule has 5 heteroatoms. The van der Waals surface area contributed by atoms with E-state index in [1.54, 1.807) is 12.4 Å². The molecule has 1 N–H and O–H groups in total. The molecule has 116 valence electrons. The second-order valence-corrected chi connectivity index (χ2v) is 5.78. The summed E-state index contributed by atoms with van der Waals surface area (Å²) in [5, 5.41) is 3.16. The second-order valence-electron chi connectivity index (χ2n) is 5.78. The van der Waals surface area contributed by atoms with Gasteiger partial charge in [-0.05, 0) is 19.3 Å². The van der Waals surface area contributed by atoms with Gasteiger partial charge in [0.15, 0.2) is 0 Å². The maximum Gasteiger partial charge on any atom is 0.274 e. The average Bonchev–Trinajstić information content (AvgIpc) is 2.81. The van der Waals surface area contributed by atoms with Crippen molar-refractivity contribution in [2.75, 3.05) is 18.9 Å². The normalized spacial score (nSPS) is 16.3. The van der Waals surface area contributed by atoms with Crippen LogP contribution in [0.5, 0.6) is 0 Å². The van der Waals surface area contributed by atoms with E-state index in [2.05, 4.69) is 22.2 Å². The number of amides is 1. The van der Waals surface area contributed by atoms with E-state index in [9.17, 15) is 4.79 Å². The highest BCUT2D eigenvalue weighted by atomic mass is 16.2. The third-order valence-corrected chi connectivity index (χ3v) is 4.12. The highest BCUT2D eigenvalue weighted by Crippen LogP contribution is 2.22. The van der Waals surface area contributed by atoms with Crippen molar-refractivity contribution in [3.63, 3.8) is 0 Å². The lowest BCUT2D eigenvalue weighted by Gasteiger charge is -2.26. The Morgan fingerprint density at radius 2 is 1.95 bits per heavy atom. The van der Waals surface area contributed by atoms with E-state index in [1.807, 2.05) is 11.9 Å². The molecule has 0 saturated heterocycles. The molecule has 2 rings (SSSR count). The Balaban J connectivity index is 1.97. The van der Waals surface area contributed by atoms with Crippen molar-refractivity contribution in [2.24, 2.45) is 0 Å². The van der Waals surface area contributed by atoms with Crippen LogP contribution in [-0.2, 0) is 0 Å². The predicted molar refractivity (Wildman–Crippen MR) is 84.4 cm³/mol. The van der Waals surface area contributed by atoms with Gasteiger partial charge in [-0.1, -0.05) is 32.6 Å². The molecule has 1 aliphatic rings. The Hall–Kier alpha value is -1.65. The van der Waals surface area contributed by atoms with E-state index < -0.39 is 0 Å². The van der Waals surface area contributed by atoms with Crippen molar-refractivity contribution in [3.05, 3.63) is 18.1 Å². The fourth-order valence-electron chi connectivity index (χ4n) is 2.77. The summed E-state index contributed by atoms with van der Waals surface area (Å²) in [7, 11) is 1.89. The van der Waals surface area contributed by atoms with E-state index in [1.165, 1.54) is 25.7 Å². The Kier molecular flexibility index (Phi) is 5.96. The molecule has 21 heavy (non-hydrogen) atoms. The van der Waals surface area contributed by atoms with Crippen LogP contribution in [0.25, 0.3) is 0 Å². The van der Waals surface area contributed by atoms with Crippen LogP contribution in [0, 0.1) is 0 Å². The standard InChI is InChI=1S/C16H26N4O/c1-3-10-17-15-12-18-14(11-19-15)16(21)20(2)13-8-6-4-5-7-9-13/h11-13H,3-10H2,1-2H3,(H,17,19). The van der Waals surface area contributed by atoms with E-state index in [4.69, 9.17) is 0 Å². The van der Waals surface area contributed by atoms with Crippen molar-refractivity contribution >= 4 is 11.7 Å². The number of carbonyl (C=O) groups excluding carboxylic acids is 1. The van der Waals surface area contributed by atoms with Gasteiger partial charge in [0.1, 0.15) is 11.5 Å². The van der Waals surface area contributed by atoms with Gasteiger partial charge in [0.2, 0.25) is 0 Å². The quantitative estimate of drug-likeness (QED) is 0.847. The zero-order valence-corrected chi connectivity index (χ0v) is 13.1. The summed E-state index contributed by atoms with van der Waals surface area (Å²) in [5.74, 6) is 0.710. The summed E-state index contributed by atoms with van der Waals surface area (Å²) in [6.45, 7) is 2.96. The lowest BCUT2D eigenvalue weighted by Crippen LogP contribution is -2.37. The van der Waals surface area contributed by atoms with Gasteiger partial charge in [0.25, 0.3) is 5.91 Å². The number of hydrogen-bond donors (Lipinski definition) is 1. The van der Waals surface area contributed by atoms with Crippen LogP contribution in [0.3, 0.4) is 0 Å². The zero-order chi connectivity index (χ0) is 15.1. The highest BCUT2D eigenvalue weighted by molar-refractivity contribution is 5.92. The third kappa shape index (κ3) is 4.41. The lowest BCUT2D eigenvalue weighted by atomic mass is 10.1. The smallest absolute Gasteiger partial charge is 0.274 e. The zero-order valence-electron chi connectivity index (χ0n) is 13.1. The topological polar surface area (TPSA) is 58.1 Å². The Morgan fingerprint density at radius 1 is 1.24 bits per heavy atom. The molecule has 0 aromatic carbocycles. The van der Waals surface area contributed by atoms with Gasteiger partial charge in [0, 0.05) is 19.6 Å². The molecule has 1 aromatic rings. The van der Waals surface area contributed by atoms with Crippen LogP contribution >= 0.6 is 0 Å². The molecule has 1 aliphatic carbocycles. The van der Waals surface area contributed by atoms with Crippen molar-refractivity contribution in [3.8, 4) is 0 Å². The van der Waals surface area contributed by atoms with Crippen LogP contribution in [0.4, 0.5) is 5.82 Å². The number of aromatic nitrogens is 2. The first kappa shape index (κ1) is 15.7. The fraction of sp³-hybridized carbons (Fsp3) is 0.688. The first-order chi connectivity index (χ1) is 10.2. The van der Waals surface area contributed by atoms with Crippen LogP contribution in [0.1, 0.15) is 62.4 Å². The summed E-state index contributed by atoms with van der Waals surface area (Å²) in [5.41, 5.74) is 0.434. The summed E-state index contributed by atoms with van der Waals surface area (Å²) >= 11 is 0. The van der Waals surface area contributed by atoms with Gasteiger partial charge in [-0.3, -0.25) is 4.79 Å². The first-order valence-corrected chi connectivity index (χ1v) is 8.05. The Labute approximate surface area is 127 Å². The number of nitrogens with one attached hydrogen (secondary N) is 1. The van der Waals surface area contributed by atoms with Gasteiger partial charge < -0.3 is 10.2 Å². The molecule has 0 atom stereocenters. The van der Waals surface area contributed by atoms with Gasteiger partial charge in [-0.25, -0.2) is 9.97 Å². The number of rotatable bonds is 5. The molecule has 0 unspecified atom stereocenters. The summed E-state index contributed by atoms with van der Waals surface area (Å²) < 4.78 is 0. The molecule has 1 amide bonds. The second kappa shape index (κ2) is 7.96. The molecule has 1 heterocycles. The van der Waals surface area contributed by atoms with E-state index in [0.29, 0.717) is 11.7 Å². The minimum Gasteiger partial charge on any atom is -0.369 e. The van der Waals surface area contributed by atoms with Gasteiger partial charge >= 0.3 is 0 Å². The summed E-state index contributed by atoms with van der Waals surface area (Å²) in [6.07, 6.45) is 11.5. The molecule has 1 aromatic heterocycles. The first-order valence-electron chi connectivity index (χ1n) is 8.05. The van der Waals surface area contributed by atoms with Crippen molar-refractivity contribution < 1.29 is 4.79 Å². The maximum absolute atomic E-state index is 12.5. The fourth-order valence-corrected chi connectivity index (χ4v) is 2.77. The largest absolute Gasteiger partial charge is 0.369 e. The number of nitrogens with zero attached hydrogens (tertiary/aromatic N) is 3. The van der Waals surface area contributed by atoms with Crippen molar-refractivity contribution in [1.82, 2.24) is 14.9 Å². The maximum atomic E-state index is 12.5. The molecule has 0 radical (unpaired) electrons. The highest BCUT2D eigenvalue weighted by Gasteiger charge is 2.23. The number of anilines is 1. The Bertz CT molecular complexity index is 438. The SMILES string of the molecule is CCCNc1cnc(C(=O)N(C)C2CCCCCC2)cn1. The average molecular weight is 290 g/mol. The van der Waals surface area contributed by atoms with E-state index >= 15 is 0 Å². The number of hydrogen-bond acceptors (Lipinski definition) is 4. The monoisotopic (exact) mass is 290 g/mol. The lowest BCUT2D eigenvalue weighted by molar-refractivity contribution is 0.0711. The van der Waals surface area contributed by atoms with Gasteiger partial charge in [-0.15, -0.1) is 0 Å². The Morgan fingerprint density at radius 3 is 2.52 bits per heavy atom. The summed E-state index contributed by atoms with van der Waals surface area (Å²) in [6, 6.07) is 0.347. The molecule has 5 nitrogen and oxygen atoms in total. The van der Waals surface area contributed by atoms with Gasteiger partial charge in [0.05, 0.1) is 12.4 Å². The molecular weight excluding hydrogens is 264 g/mol. The minimum absolute atomic E-state index is 0.0172. The van der Waals surface area contributed by atoms with E-state index in [-0.39, 0.29) is 5.91 Å². The molecule has 0 bridgehead atoms. The predicted octanol–water partition coefficient (Wildman–Crippen LogP) is 3.09. The molecule has 0 aliphatic heterocycles. The number of carbonyl (C=O) groups is 1.